The molecule has 3 aromatic rings. The molecule has 1 aliphatic rings. The molecule has 1 saturated heterocycles. The number of carbonyl (C=O) groups is 1. The van der Waals surface area contributed by atoms with Crippen LogP contribution in [-0.4, -0.2) is 55.2 Å². The van der Waals surface area contributed by atoms with E-state index in [1.165, 1.54) is 0 Å². The summed E-state index contributed by atoms with van der Waals surface area (Å²) < 4.78 is 5.36. The summed E-state index contributed by atoms with van der Waals surface area (Å²) in [7, 11) is 1.67. The maximum Gasteiger partial charge on any atom is 0.251 e. The van der Waals surface area contributed by atoms with Gasteiger partial charge in [-0.25, -0.2) is 9.97 Å². The molecule has 36 heavy (non-hydrogen) atoms. The molecule has 2 aromatic carbocycles. The number of carbonyl (C=O) groups excluding carboxylic acids is 1. The van der Waals surface area contributed by atoms with Gasteiger partial charge in [-0.05, 0) is 43.7 Å². The number of anilines is 2. The van der Waals surface area contributed by atoms with Gasteiger partial charge in [0.25, 0.3) is 5.91 Å². The molecular weight excluding hydrogens is 494 g/mol. The first-order chi connectivity index (χ1) is 17.4. The number of hydrogen-bond donors (Lipinski definition) is 1. The first-order valence-electron chi connectivity index (χ1n) is 12.1. The van der Waals surface area contributed by atoms with E-state index in [-0.39, 0.29) is 11.9 Å². The Morgan fingerprint density at radius 3 is 2.42 bits per heavy atom. The number of nitrogens with zero attached hydrogens (tertiary/aromatic N) is 4. The van der Waals surface area contributed by atoms with Crippen molar-refractivity contribution in [3.05, 3.63) is 76.4 Å². The Morgan fingerprint density at radius 1 is 1.06 bits per heavy atom. The second-order valence-corrected chi connectivity index (χ2v) is 10.3. The molecule has 7 nitrogen and oxygen atoms in total. The minimum absolute atomic E-state index is 0.0564. The highest BCUT2D eigenvalue weighted by molar-refractivity contribution is 7.98. The van der Waals surface area contributed by atoms with Crippen LogP contribution in [0.1, 0.15) is 35.5 Å². The van der Waals surface area contributed by atoms with E-state index in [2.05, 4.69) is 21.2 Å². The Balaban J connectivity index is 1.41. The molecule has 9 heteroatoms. The van der Waals surface area contributed by atoms with Crippen molar-refractivity contribution in [2.45, 2.75) is 37.4 Å². The van der Waals surface area contributed by atoms with Crippen molar-refractivity contribution < 1.29 is 9.53 Å². The number of halogens is 1. The lowest BCUT2D eigenvalue weighted by atomic mass is 10.1. The number of aromatic nitrogens is 2. The predicted octanol–water partition coefficient (Wildman–Crippen LogP) is 5.03. The molecule has 1 aliphatic heterocycles. The molecule has 0 spiro atoms. The highest BCUT2D eigenvalue weighted by Crippen LogP contribution is 2.28. The normalized spacial score (nSPS) is 13.8. The number of rotatable bonds is 9. The number of ether oxygens (including phenoxy) is 1. The topological polar surface area (TPSA) is 70.6 Å². The van der Waals surface area contributed by atoms with Crippen molar-refractivity contribution in [2.75, 3.05) is 43.1 Å². The fraction of sp³-hybridized carbons (Fsp3) is 0.370. The van der Waals surface area contributed by atoms with Crippen LogP contribution >= 0.6 is 23.4 Å². The third-order valence-corrected chi connectivity index (χ3v) is 7.08. The number of methoxy groups -OCH3 is 1. The summed E-state index contributed by atoms with van der Waals surface area (Å²) in [6.07, 6.45) is 0. The lowest BCUT2D eigenvalue weighted by Crippen LogP contribution is -2.47. The van der Waals surface area contributed by atoms with Crippen LogP contribution in [0.3, 0.4) is 0 Å². The minimum Gasteiger partial charge on any atom is -0.378 e. The fourth-order valence-electron chi connectivity index (χ4n) is 4.04. The molecule has 1 fully saturated rings. The van der Waals surface area contributed by atoms with E-state index in [1.54, 1.807) is 18.9 Å². The zero-order chi connectivity index (χ0) is 25.5. The van der Waals surface area contributed by atoms with Gasteiger partial charge in [-0.15, -0.1) is 0 Å². The number of nitrogens with one attached hydrogen (secondary N) is 1. The van der Waals surface area contributed by atoms with Gasteiger partial charge in [0.2, 0.25) is 0 Å². The second-order valence-electron chi connectivity index (χ2n) is 8.97. The van der Waals surface area contributed by atoms with Crippen LogP contribution in [0.4, 0.5) is 11.5 Å². The van der Waals surface area contributed by atoms with Crippen molar-refractivity contribution in [3.63, 3.8) is 0 Å². The van der Waals surface area contributed by atoms with Gasteiger partial charge in [-0.1, -0.05) is 47.6 Å². The van der Waals surface area contributed by atoms with Gasteiger partial charge in [-0.2, -0.15) is 0 Å². The summed E-state index contributed by atoms with van der Waals surface area (Å²) in [5.41, 5.74) is 3.70. The standard InChI is InChI=1S/C27H32ClN5O2S/c1-19(2)29-26(34)21-10-8-20(9-11-21)18-36-27-30-22(17-35-3)16-25(31-27)33-14-12-32(13-15-33)24-7-5-4-6-23(24)28/h4-11,16,19H,12-15,17-18H2,1-3H3,(H,29,34). The largest absolute Gasteiger partial charge is 0.378 e. The summed E-state index contributed by atoms with van der Waals surface area (Å²) in [4.78, 5) is 26.4. The quantitative estimate of drug-likeness (QED) is 0.310. The minimum atomic E-state index is -0.0564. The lowest BCUT2D eigenvalue weighted by molar-refractivity contribution is 0.0943. The van der Waals surface area contributed by atoms with Crippen LogP contribution in [0.5, 0.6) is 0 Å². The van der Waals surface area contributed by atoms with Crippen LogP contribution in [0.2, 0.25) is 5.02 Å². The van der Waals surface area contributed by atoms with Gasteiger partial charge in [-0.3, -0.25) is 4.79 Å². The van der Waals surface area contributed by atoms with Crippen LogP contribution in [0.25, 0.3) is 0 Å². The van der Waals surface area contributed by atoms with Crippen molar-refractivity contribution >= 4 is 40.8 Å². The van der Waals surface area contributed by atoms with Gasteiger partial charge in [0.1, 0.15) is 5.82 Å². The van der Waals surface area contributed by atoms with E-state index in [4.69, 9.17) is 26.3 Å². The maximum atomic E-state index is 12.2. The van der Waals surface area contributed by atoms with Gasteiger partial charge in [0.05, 0.1) is 23.0 Å². The van der Waals surface area contributed by atoms with Crippen molar-refractivity contribution in [1.82, 2.24) is 15.3 Å². The molecule has 0 aliphatic carbocycles. The Labute approximate surface area is 222 Å². The molecule has 1 amide bonds. The summed E-state index contributed by atoms with van der Waals surface area (Å²) in [5.74, 6) is 1.57. The van der Waals surface area contributed by atoms with E-state index in [1.807, 2.05) is 62.4 Å². The Hall–Kier alpha value is -2.81. The summed E-state index contributed by atoms with van der Waals surface area (Å²) >= 11 is 7.99. The summed E-state index contributed by atoms with van der Waals surface area (Å²) in [6, 6.07) is 17.8. The molecule has 0 radical (unpaired) electrons. The highest BCUT2D eigenvalue weighted by Gasteiger charge is 2.21. The number of amides is 1. The van der Waals surface area contributed by atoms with E-state index >= 15 is 0 Å². The smallest absolute Gasteiger partial charge is 0.251 e. The molecule has 0 bridgehead atoms. The molecule has 2 heterocycles. The molecule has 1 N–H and O–H groups in total. The summed E-state index contributed by atoms with van der Waals surface area (Å²) in [6.45, 7) is 7.76. The Bertz CT molecular complexity index is 1170. The third kappa shape index (κ3) is 6.90. The van der Waals surface area contributed by atoms with Gasteiger partial charge in [0.15, 0.2) is 5.16 Å². The van der Waals surface area contributed by atoms with Gasteiger partial charge in [0, 0.05) is 56.7 Å². The number of hydrogen-bond acceptors (Lipinski definition) is 7. The first kappa shape index (κ1) is 26.3. The van der Waals surface area contributed by atoms with Crippen molar-refractivity contribution in [1.29, 1.82) is 0 Å². The average molecular weight is 526 g/mol. The van der Waals surface area contributed by atoms with Crippen LogP contribution in [0.15, 0.2) is 59.8 Å². The Kier molecular flexibility index (Phi) is 9.07. The van der Waals surface area contributed by atoms with Gasteiger partial charge >= 0.3 is 0 Å². The van der Waals surface area contributed by atoms with Crippen molar-refractivity contribution in [3.8, 4) is 0 Å². The SMILES string of the molecule is COCc1cc(N2CCN(c3ccccc3Cl)CC2)nc(SCc2ccc(C(=O)NC(C)C)cc2)n1. The fourth-order valence-corrected chi connectivity index (χ4v) is 5.12. The predicted molar refractivity (Wildman–Crippen MR) is 147 cm³/mol. The Morgan fingerprint density at radius 2 is 1.75 bits per heavy atom. The number of benzene rings is 2. The van der Waals surface area contributed by atoms with E-state index in [0.717, 1.165) is 59.1 Å². The molecular formula is C27H32ClN5O2S. The van der Waals surface area contributed by atoms with E-state index in [9.17, 15) is 4.79 Å². The lowest BCUT2D eigenvalue weighted by Gasteiger charge is -2.37. The first-order valence-corrected chi connectivity index (χ1v) is 13.4. The monoisotopic (exact) mass is 525 g/mol. The number of para-hydroxylation sites is 1. The maximum absolute atomic E-state index is 12.2. The van der Waals surface area contributed by atoms with Crippen LogP contribution in [-0.2, 0) is 17.1 Å². The van der Waals surface area contributed by atoms with Gasteiger partial charge < -0.3 is 19.9 Å². The van der Waals surface area contributed by atoms with Crippen LogP contribution in [0, 0.1) is 0 Å². The average Bonchev–Trinajstić information content (AvgIpc) is 2.88. The zero-order valence-corrected chi connectivity index (χ0v) is 22.5. The zero-order valence-electron chi connectivity index (χ0n) is 20.9. The van der Waals surface area contributed by atoms with E-state index in [0.29, 0.717) is 17.9 Å². The molecule has 0 atom stereocenters. The highest BCUT2D eigenvalue weighted by atomic mass is 35.5. The summed E-state index contributed by atoms with van der Waals surface area (Å²) in [5, 5.41) is 4.41. The number of thioether (sulfide) groups is 1. The molecule has 0 saturated carbocycles. The van der Waals surface area contributed by atoms with Crippen molar-refractivity contribution in [2.24, 2.45) is 0 Å². The molecule has 4 rings (SSSR count). The molecule has 0 unspecified atom stereocenters. The second kappa shape index (κ2) is 12.4. The molecule has 190 valence electrons. The molecule has 1 aromatic heterocycles. The third-order valence-electron chi connectivity index (χ3n) is 5.84. The number of piperazine rings is 1. The van der Waals surface area contributed by atoms with Crippen LogP contribution < -0.4 is 15.1 Å². The van der Waals surface area contributed by atoms with E-state index < -0.39 is 0 Å².